The van der Waals surface area contributed by atoms with Gasteiger partial charge in [0.25, 0.3) is 0 Å². The van der Waals surface area contributed by atoms with Crippen molar-refractivity contribution in [2.75, 3.05) is 6.61 Å². The van der Waals surface area contributed by atoms with Crippen LogP contribution in [0.3, 0.4) is 0 Å². The van der Waals surface area contributed by atoms with Crippen molar-refractivity contribution in [3.63, 3.8) is 0 Å². The number of hydrogen-bond donors (Lipinski definition) is 0. The third-order valence-electron chi connectivity index (χ3n) is 9.06. The van der Waals surface area contributed by atoms with Crippen LogP contribution in [0.5, 0.6) is 0 Å². The van der Waals surface area contributed by atoms with Gasteiger partial charge >= 0.3 is 0 Å². The van der Waals surface area contributed by atoms with Crippen LogP contribution in [0, 0.1) is 17.5 Å². The maximum atomic E-state index is 14.3. The molecule has 2 heterocycles. The summed E-state index contributed by atoms with van der Waals surface area (Å²) in [6.45, 7) is 1.16. The van der Waals surface area contributed by atoms with Crippen molar-refractivity contribution in [1.82, 2.24) is 15.0 Å². The summed E-state index contributed by atoms with van der Waals surface area (Å²) in [5, 5.41) is 8.76. The van der Waals surface area contributed by atoms with Gasteiger partial charge in [0.15, 0.2) is 17.5 Å². The van der Waals surface area contributed by atoms with Gasteiger partial charge in [0.1, 0.15) is 35.6 Å². The van der Waals surface area contributed by atoms with Crippen molar-refractivity contribution in [2.24, 2.45) is 0 Å². The van der Waals surface area contributed by atoms with Gasteiger partial charge in [0, 0.05) is 5.56 Å². The Balaban J connectivity index is 1.28. The molecule has 0 radical (unpaired) electrons. The fourth-order valence-electron chi connectivity index (χ4n) is 6.64. The highest BCUT2D eigenvalue weighted by atomic mass is 19.2. The predicted octanol–water partition coefficient (Wildman–Crippen LogP) is 7.78. The van der Waals surface area contributed by atoms with Crippen molar-refractivity contribution in [3.05, 3.63) is 156 Å². The van der Waals surface area contributed by atoms with E-state index in [1.165, 1.54) is 0 Å². The van der Waals surface area contributed by atoms with E-state index in [9.17, 15) is 13.2 Å². The van der Waals surface area contributed by atoms with Gasteiger partial charge in [-0.05, 0) is 41.7 Å². The molecular formula is C39H36F3N3O4. The highest BCUT2D eigenvalue weighted by Crippen LogP contribution is 2.47. The Morgan fingerprint density at radius 1 is 0.735 bits per heavy atom. The van der Waals surface area contributed by atoms with Crippen LogP contribution in [-0.2, 0) is 38.8 Å². The number of ether oxygens (including phenoxy) is 4. The first kappa shape index (κ1) is 32.9. The Labute approximate surface area is 282 Å². The van der Waals surface area contributed by atoms with E-state index < -0.39 is 47.4 Å². The Morgan fingerprint density at radius 3 is 1.88 bits per heavy atom. The van der Waals surface area contributed by atoms with Crippen LogP contribution in [0.4, 0.5) is 13.2 Å². The molecule has 1 aromatic heterocycles. The molecule has 2 aliphatic rings. The molecule has 1 saturated heterocycles. The first-order chi connectivity index (χ1) is 24.0. The topological polar surface area (TPSA) is 67.6 Å². The minimum absolute atomic E-state index is 0.0539. The number of halogens is 3. The minimum Gasteiger partial charge on any atom is -0.374 e. The normalized spacial score (nSPS) is 21.4. The monoisotopic (exact) mass is 667 g/mol. The molecule has 0 N–H and O–H groups in total. The van der Waals surface area contributed by atoms with Crippen LogP contribution in [0.1, 0.15) is 35.6 Å². The molecule has 0 saturated carbocycles. The average molecular weight is 668 g/mol. The molecule has 49 heavy (non-hydrogen) atoms. The number of nitrogens with zero attached hydrogens (tertiary/aromatic N) is 3. The third kappa shape index (κ3) is 7.38. The van der Waals surface area contributed by atoms with Crippen LogP contribution < -0.4 is 0 Å². The molecule has 4 atom stereocenters. The second-order valence-electron chi connectivity index (χ2n) is 12.4. The lowest BCUT2D eigenvalue weighted by Gasteiger charge is -2.51. The molecule has 4 aromatic carbocycles. The fourth-order valence-corrected chi connectivity index (χ4v) is 6.64. The summed E-state index contributed by atoms with van der Waals surface area (Å²) in [6.07, 6.45) is 5.13. The minimum atomic E-state index is -1.54. The lowest BCUT2D eigenvalue weighted by Crippen LogP contribution is -2.63. The molecule has 0 bridgehead atoms. The Kier molecular flexibility index (Phi) is 9.99. The predicted molar refractivity (Wildman–Crippen MR) is 176 cm³/mol. The zero-order valence-electron chi connectivity index (χ0n) is 26.7. The molecule has 7 nitrogen and oxygen atoms in total. The number of benzene rings is 4. The molecule has 1 aliphatic heterocycles. The van der Waals surface area contributed by atoms with E-state index in [0.29, 0.717) is 26.1 Å². The van der Waals surface area contributed by atoms with E-state index in [0.717, 1.165) is 28.8 Å². The van der Waals surface area contributed by atoms with Crippen molar-refractivity contribution < 1.29 is 32.1 Å². The summed E-state index contributed by atoms with van der Waals surface area (Å²) >= 11 is 0. The van der Waals surface area contributed by atoms with Crippen LogP contribution in [-0.4, -0.2) is 45.5 Å². The van der Waals surface area contributed by atoms with Gasteiger partial charge < -0.3 is 18.9 Å². The molecule has 7 rings (SSSR count). The number of aromatic nitrogens is 3. The van der Waals surface area contributed by atoms with Crippen molar-refractivity contribution in [3.8, 4) is 11.3 Å². The van der Waals surface area contributed by atoms with Gasteiger partial charge in [-0.15, -0.1) is 5.10 Å². The maximum absolute atomic E-state index is 14.3. The van der Waals surface area contributed by atoms with Crippen LogP contribution >= 0.6 is 0 Å². The molecule has 1 aliphatic carbocycles. The highest BCUT2D eigenvalue weighted by molar-refractivity contribution is 5.58. The Bertz CT molecular complexity index is 1820. The van der Waals surface area contributed by atoms with Crippen molar-refractivity contribution in [2.45, 2.75) is 62.6 Å². The van der Waals surface area contributed by atoms with Crippen molar-refractivity contribution in [1.29, 1.82) is 0 Å². The zero-order valence-corrected chi connectivity index (χ0v) is 26.7. The van der Waals surface area contributed by atoms with Crippen LogP contribution in [0.25, 0.3) is 11.3 Å². The molecule has 1 fully saturated rings. The van der Waals surface area contributed by atoms with E-state index in [1.54, 1.807) is 10.9 Å². The molecule has 0 amide bonds. The van der Waals surface area contributed by atoms with E-state index in [-0.39, 0.29) is 24.5 Å². The van der Waals surface area contributed by atoms with Gasteiger partial charge in [-0.2, -0.15) is 0 Å². The first-order valence-electron chi connectivity index (χ1n) is 16.3. The standard InChI is InChI=1S/C39H36F3N3O4/c40-31-20-30(21-32(41)35(31)42)33-22-45(44-43-33)36-37(47-24-28-14-6-2-7-15-28)34(26-46-23-27-12-4-1-5-13-27)49-39(18-10-11-19-39)38(36)48-25-29-16-8-3-9-17-29/h1-17,20-22,34,36-38H,18-19,23-26H2/t34-,36+,37+,38-/m1/s1. The Morgan fingerprint density at radius 2 is 1.29 bits per heavy atom. The van der Waals surface area contributed by atoms with E-state index in [1.807, 2.05) is 91.0 Å². The number of rotatable bonds is 12. The van der Waals surface area contributed by atoms with Gasteiger partial charge in [-0.3, -0.25) is 0 Å². The van der Waals surface area contributed by atoms with Crippen molar-refractivity contribution >= 4 is 0 Å². The second-order valence-corrected chi connectivity index (χ2v) is 12.4. The summed E-state index contributed by atoms with van der Waals surface area (Å²) in [5.41, 5.74) is 2.41. The van der Waals surface area contributed by atoms with Gasteiger partial charge in [-0.1, -0.05) is 108 Å². The van der Waals surface area contributed by atoms with Gasteiger partial charge in [0.2, 0.25) is 0 Å². The summed E-state index contributed by atoms with van der Waals surface area (Å²) < 4.78 is 70.9. The molecule has 10 heteroatoms. The van der Waals surface area contributed by atoms with E-state index in [2.05, 4.69) is 22.5 Å². The lowest BCUT2D eigenvalue weighted by molar-refractivity contribution is -0.278. The maximum Gasteiger partial charge on any atom is 0.194 e. The van der Waals surface area contributed by atoms with Crippen LogP contribution in [0.2, 0.25) is 0 Å². The quantitative estimate of drug-likeness (QED) is 0.100. The molecule has 0 unspecified atom stereocenters. The zero-order chi connectivity index (χ0) is 33.6. The molecule has 252 valence electrons. The summed E-state index contributed by atoms with van der Waals surface area (Å²) in [5.74, 6) is -4.16. The summed E-state index contributed by atoms with van der Waals surface area (Å²) in [6, 6.07) is 30.8. The molecule has 5 aromatic rings. The summed E-state index contributed by atoms with van der Waals surface area (Å²) in [7, 11) is 0. The SMILES string of the molecule is Fc1cc(-c2cn([C@H]3[C@@H](OCc4ccccc4)[C@@H](COCc4ccccc4)OC4(CC=CC4)[C@@H]3OCc3ccccc3)nn2)cc(F)c1F. The third-order valence-corrected chi connectivity index (χ3v) is 9.06. The van der Waals surface area contributed by atoms with Crippen LogP contribution in [0.15, 0.2) is 121 Å². The lowest BCUT2D eigenvalue weighted by atomic mass is 9.81. The molecule has 1 spiro atoms. The van der Waals surface area contributed by atoms with Gasteiger partial charge in [-0.25, -0.2) is 17.9 Å². The van der Waals surface area contributed by atoms with E-state index >= 15 is 0 Å². The smallest absolute Gasteiger partial charge is 0.194 e. The first-order valence-corrected chi connectivity index (χ1v) is 16.3. The second kappa shape index (κ2) is 14.9. The molecular weight excluding hydrogens is 631 g/mol. The average Bonchev–Trinajstić information content (AvgIpc) is 3.81. The Hall–Kier alpha value is -4.61. The largest absolute Gasteiger partial charge is 0.374 e. The fraction of sp³-hybridized carbons (Fsp3) is 0.282. The summed E-state index contributed by atoms with van der Waals surface area (Å²) in [4.78, 5) is 0. The highest BCUT2D eigenvalue weighted by Gasteiger charge is 2.57. The van der Waals surface area contributed by atoms with Gasteiger partial charge in [0.05, 0.1) is 32.6 Å². The van der Waals surface area contributed by atoms with E-state index in [4.69, 9.17) is 18.9 Å². The number of hydrogen-bond acceptors (Lipinski definition) is 6.